The third-order valence-electron chi connectivity index (χ3n) is 7.90. The second kappa shape index (κ2) is 18.7. The molecule has 0 unspecified atom stereocenters. The molecule has 4 nitrogen and oxygen atoms in total. The Morgan fingerprint density at radius 1 is 0.550 bits per heavy atom. The molecule has 226 valence electrons. The minimum absolute atomic E-state index is 0.219. The van der Waals surface area contributed by atoms with Gasteiger partial charge < -0.3 is 21.7 Å². The van der Waals surface area contributed by atoms with Crippen LogP contribution in [0, 0.1) is 0 Å². The van der Waals surface area contributed by atoms with Crippen LogP contribution in [-0.4, -0.2) is 45.3 Å². The lowest BCUT2D eigenvalue weighted by atomic mass is 9.86. The van der Waals surface area contributed by atoms with Gasteiger partial charge in [-0.3, -0.25) is 0 Å². The van der Waals surface area contributed by atoms with E-state index in [0.29, 0.717) is 6.04 Å². The summed E-state index contributed by atoms with van der Waals surface area (Å²) in [5.41, 5.74) is 11.7. The Bertz CT molecular complexity index is 827. The summed E-state index contributed by atoms with van der Waals surface area (Å²) in [5, 5.41) is 11.0. The highest BCUT2D eigenvalue weighted by atomic mass is 14.9. The summed E-state index contributed by atoms with van der Waals surface area (Å²) in [6, 6.07) is 19.2. The molecule has 40 heavy (non-hydrogen) atoms. The van der Waals surface area contributed by atoms with Crippen molar-refractivity contribution in [3.63, 3.8) is 0 Å². The van der Waals surface area contributed by atoms with Gasteiger partial charge in [0.05, 0.1) is 0 Å². The number of nitrogens with two attached hydrogens (primary N) is 1. The van der Waals surface area contributed by atoms with Crippen LogP contribution >= 0.6 is 0 Å². The molecular weight excluding hydrogens is 488 g/mol. The standard InChI is InChI=1S/C36H62N4/c1-35(2,3)32-20-16-30(17-21-32)12-7-14-34(40-29-11-28-39-27-10-26-38-25-9-24-37)15-8-13-31-18-22-33(23-19-31)36(4,5)6/h16-23,34,38-40H,7-15,24-29,37H2,1-6H3. The minimum Gasteiger partial charge on any atom is -0.330 e. The van der Waals surface area contributed by atoms with Crippen molar-refractivity contribution in [1.29, 1.82) is 0 Å². The first kappa shape index (κ1) is 34.5. The summed E-state index contributed by atoms with van der Waals surface area (Å²) in [6.45, 7) is 19.9. The molecular formula is C36H62N4. The third kappa shape index (κ3) is 14.8. The van der Waals surface area contributed by atoms with E-state index >= 15 is 0 Å². The number of benzene rings is 2. The summed E-state index contributed by atoms with van der Waals surface area (Å²) >= 11 is 0. The van der Waals surface area contributed by atoms with Crippen LogP contribution in [0.1, 0.15) is 109 Å². The zero-order valence-corrected chi connectivity index (χ0v) is 26.9. The quantitative estimate of drug-likeness (QED) is 0.136. The van der Waals surface area contributed by atoms with Crippen molar-refractivity contribution in [2.24, 2.45) is 5.73 Å². The second-order valence-corrected chi connectivity index (χ2v) is 13.7. The number of nitrogens with one attached hydrogen (secondary N) is 3. The van der Waals surface area contributed by atoms with Gasteiger partial charge in [0.25, 0.3) is 0 Å². The Balaban J connectivity index is 1.75. The molecule has 0 aliphatic rings. The molecule has 0 saturated heterocycles. The molecule has 0 saturated carbocycles. The number of rotatable bonds is 20. The highest BCUT2D eigenvalue weighted by Crippen LogP contribution is 2.24. The maximum absolute atomic E-state index is 5.54. The van der Waals surface area contributed by atoms with Crippen molar-refractivity contribution < 1.29 is 0 Å². The van der Waals surface area contributed by atoms with Gasteiger partial charge in [-0.15, -0.1) is 0 Å². The van der Waals surface area contributed by atoms with Crippen molar-refractivity contribution in [3.05, 3.63) is 70.8 Å². The summed E-state index contributed by atoms with van der Waals surface area (Å²) in [7, 11) is 0. The van der Waals surface area contributed by atoms with Crippen molar-refractivity contribution >= 4 is 0 Å². The fraction of sp³-hybridized carbons (Fsp3) is 0.667. The molecule has 0 aliphatic carbocycles. The molecule has 0 radical (unpaired) electrons. The first-order chi connectivity index (χ1) is 19.1. The molecule has 0 bridgehead atoms. The Kier molecular flexibility index (Phi) is 16.1. The molecule has 0 amide bonds. The molecule has 2 aromatic carbocycles. The van der Waals surface area contributed by atoms with Gasteiger partial charge in [-0.05, 0) is 130 Å². The van der Waals surface area contributed by atoms with Crippen molar-refractivity contribution in [3.8, 4) is 0 Å². The van der Waals surface area contributed by atoms with Gasteiger partial charge in [0, 0.05) is 6.04 Å². The summed E-state index contributed by atoms with van der Waals surface area (Å²) in [5.74, 6) is 0. The van der Waals surface area contributed by atoms with E-state index in [1.165, 1.54) is 60.8 Å². The van der Waals surface area contributed by atoms with Crippen LogP contribution in [-0.2, 0) is 23.7 Å². The molecule has 0 aromatic heterocycles. The molecule has 5 N–H and O–H groups in total. The molecule has 2 aromatic rings. The molecule has 2 rings (SSSR count). The number of aryl methyl sites for hydroxylation is 2. The lowest BCUT2D eigenvalue weighted by molar-refractivity contribution is 0.424. The molecule has 0 aliphatic heterocycles. The van der Waals surface area contributed by atoms with Crippen LogP contribution in [0.3, 0.4) is 0 Å². The van der Waals surface area contributed by atoms with Crippen molar-refractivity contribution in [2.75, 3.05) is 39.3 Å². The van der Waals surface area contributed by atoms with E-state index in [4.69, 9.17) is 5.73 Å². The number of hydrogen-bond acceptors (Lipinski definition) is 4. The molecule has 0 spiro atoms. The Labute approximate surface area is 247 Å². The predicted octanol–water partition coefficient (Wildman–Crippen LogP) is 6.89. The fourth-order valence-corrected chi connectivity index (χ4v) is 5.13. The average Bonchev–Trinajstić information content (AvgIpc) is 2.91. The highest BCUT2D eigenvalue weighted by Gasteiger charge is 2.14. The van der Waals surface area contributed by atoms with E-state index in [1.54, 1.807) is 0 Å². The molecule has 4 heteroatoms. The van der Waals surface area contributed by atoms with Crippen LogP contribution in [0.4, 0.5) is 0 Å². The van der Waals surface area contributed by atoms with Gasteiger partial charge in [0.2, 0.25) is 0 Å². The van der Waals surface area contributed by atoms with Crippen LogP contribution in [0.15, 0.2) is 48.5 Å². The van der Waals surface area contributed by atoms with Crippen LogP contribution in [0.5, 0.6) is 0 Å². The Hall–Kier alpha value is -1.72. The predicted molar refractivity (Wildman–Crippen MR) is 177 cm³/mol. The number of hydrogen-bond donors (Lipinski definition) is 4. The highest BCUT2D eigenvalue weighted by molar-refractivity contribution is 5.28. The smallest absolute Gasteiger partial charge is 0.00672 e. The van der Waals surface area contributed by atoms with Gasteiger partial charge >= 0.3 is 0 Å². The maximum Gasteiger partial charge on any atom is 0.00672 e. The summed E-state index contributed by atoms with van der Waals surface area (Å²) in [6.07, 6.45) is 10.7. The lowest BCUT2D eigenvalue weighted by Crippen LogP contribution is -2.32. The monoisotopic (exact) mass is 550 g/mol. The third-order valence-corrected chi connectivity index (χ3v) is 7.90. The van der Waals surface area contributed by atoms with E-state index in [-0.39, 0.29) is 10.8 Å². The van der Waals surface area contributed by atoms with Crippen molar-refractivity contribution in [1.82, 2.24) is 16.0 Å². The van der Waals surface area contributed by atoms with Crippen molar-refractivity contribution in [2.45, 2.75) is 116 Å². The minimum atomic E-state index is 0.219. The van der Waals surface area contributed by atoms with E-state index in [9.17, 15) is 0 Å². The van der Waals surface area contributed by atoms with Gasteiger partial charge in [0.15, 0.2) is 0 Å². The van der Waals surface area contributed by atoms with Crippen LogP contribution in [0.25, 0.3) is 0 Å². The Morgan fingerprint density at radius 2 is 0.950 bits per heavy atom. The van der Waals surface area contributed by atoms with Crippen LogP contribution < -0.4 is 21.7 Å². The maximum atomic E-state index is 5.54. The molecule has 0 atom stereocenters. The Morgan fingerprint density at radius 3 is 1.35 bits per heavy atom. The second-order valence-electron chi connectivity index (χ2n) is 13.7. The first-order valence-electron chi connectivity index (χ1n) is 16.1. The van der Waals surface area contributed by atoms with E-state index in [0.717, 1.165) is 58.5 Å². The molecule has 0 heterocycles. The summed E-state index contributed by atoms with van der Waals surface area (Å²) < 4.78 is 0. The summed E-state index contributed by atoms with van der Waals surface area (Å²) in [4.78, 5) is 0. The van der Waals surface area contributed by atoms with Crippen LogP contribution in [0.2, 0.25) is 0 Å². The largest absolute Gasteiger partial charge is 0.330 e. The average molecular weight is 551 g/mol. The first-order valence-corrected chi connectivity index (χ1v) is 16.1. The fourth-order valence-electron chi connectivity index (χ4n) is 5.13. The van der Waals surface area contributed by atoms with Gasteiger partial charge in [-0.25, -0.2) is 0 Å². The normalized spacial score (nSPS) is 12.4. The SMILES string of the molecule is CC(C)(C)c1ccc(CCCC(CCCc2ccc(C(C)(C)C)cc2)NCCCNCCCNCCCN)cc1. The molecule has 0 fully saturated rings. The van der Waals surface area contributed by atoms with Gasteiger partial charge in [-0.2, -0.15) is 0 Å². The van der Waals surface area contributed by atoms with E-state index in [2.05, 4.69) is 106 Å². The lowest BCUT2D eigenvalue weighted by Gasteiger charge is -2.21. The van der Waals surface area contributed by atoms with E-state index in [1.807, 2.05) is 0 Å². The topological polar surface area (TPSA) is 62.1 Å². The van der Waals surface area contributed by atoms with E-state index < -0.39 is 0 Å². The van der Waals surface area contributed by atoms with Gasteiger partial charge in [-0.1, -0.05) is 90.1 Å². The zero-order valence-electron chi connectivity index (χ0n) is 26.9. The van der Waals surface area contributed by atoms with Gasteiger partial charge in [0.1, 0.15) is 0 Å². The zero-order chi connectivity index (χ0) is 29.3.